The van der Waals surface area contributed by atoms with Gasteiger partial charge in [0.15, 0.2) is 5.76 Å². The number of carbonyl (C=O) groups excluding carboxylic acids is 1. The molecule has 13 heteroatoms. The lowest BCUT2D eigenvalue weighted by Crippen LogP contribution is -2.50. The Hall–Kier alpha value is -4.78. The zero-order valence-electron chi connectivity index (χ0n) is 27.4. The summed E-state index contributed by atoms with van der Waals surface area (Å²) in [6.45, 7) is 9.84. The number of hydrogen-bond donors (Lipinski definition) is 1. The first-order valence-electron chi connectivity index (χ1n) is 15.9. The van der Waals surface area contributed by atoms with Gasteiger partial charge >= 0.3 is 12.3 Å². The third kappa shape index (κ3) is 7.84. The molecule has 1 amide bonds. The van der Waals surface area contributed by atoms with E-state index in [1.54, 1.807) is 18.1 Å². The van der Waals surface area contributed by atoms with Crippen LogP contribution >= 0.6 is 0 Å². The van der Waals surface area contributed by atoms with Crippen LogP contribution in [0.3, 0.4) is 0 Å². The molecule has 0 atom stereocenters. The van der Waals surface area contributed by atoms with E-state index in [1.807, 2.05) is 69.3 Å². The molecule has 48 heavy (non-hydrogen) atoms. The number of hydrogen-bond acceptors (Lipinski definition) is 9. The smallest absolute Gasteiger partial charge is 0.420 e. The predicted molar refractivity (Wildman–Crippen MR) is 175 cm³/mol. The minimum atomic E-state index is -4.67. The number of aromatic nitrogens is 2. The number of furan rings is 1. The van der Waals surface area contributed by atoms with E-state index in [9.17, 15) is 18.0 Å². The van der Waals surface area contributed by atoms with Gasteiger partial charge in [-0.25, -0.2) is 14.8 Å². The molecule has 2 aromatic heterocycles. The average Bonchev–Trinajstić information content (AvgIpc) is 3.48. The topological polar surface area (TPSA) is 96.2 Å². The number of alkyl halides is 3. The van der Waals surface area contributed by atoms with E-state index < -0.39 is 17.3 Å². The van der Waals surface area contributed by atoms with Crippen LogP contribution in [0.25, 0.3) is 11.5 Å². The van der Waals surface area contributed by atoms with Gasteiger partial charge in [0.05, 0.1) is 7.11 Å². The van der Waals surface area contributed by atoms with Crippen LogP contribution in [0.4, 0.5) is 35.3 Å². The standard InChI is InChI=1S/C35H39F3N6O4/c1-34(2,3)48-33(45)44-17-15-43(16-18-44)26-9-7-25(8-10-26)40-32-39-20-28(35(36,37)38)31(41-32)30-19-24-22-42(14-13-29(24)47-30)21-23-5-11-27(46-4)12-6-23/h5-12,19-20H,13-18,21-22H2,1-4H3,(H,39,40,41). The monoisotopic (exact) mass is 664 g/mol. The number of fused-ring (bicyclic) bond motifs is 1. The van der Waals surface area contributed by atoms with E-state index in [-0.39, 0.29) is 23.5 Å². The van der Waals surface area contributed by atoms with Gasteiger partial charge in [0.1, 0.15) is 28.4 Å². The molecule has 0 spiro atoms. The lowest BCUT2D eigenvalue weighted by Gasteiger charge is -2.36. The molecule has 0 radical (unpaired) electrons. The van der Waals surface area contributed by atoms with E-state index >= 15 is 0 Å². The number of amides is 1. The number of ether oxygens (including phenoxy) is 2. The van der Waals surface area contributed by atoms with E-state index in [0.717, 1.165) is 28.8 Å². The fourth-order valence-corrected chi connectivity index (χ4v) is 5.83. The summed E-state index contributed by atoms with van der Waals surface area (Å²) in [6, 6.07) is 16.9. The van der Waals surface area contributed by atoms with Crippen molar-refractivity contribution in [1.29, 1.82) is 0 Å². The lowest BCUT2D eigenvalue weighted by molar-refractivity contribution is -0.137. The molecule has 4 aromatic rings. The molecule has 2 aliphatic rings. The van der Waals surface area contributed by atoms with Gasteiger partial charge in [-0.05, 0) is 68.8 Å². The minimum Gasteiger partial charge on any atom is -0.497 e. The van der Waals surface area contributed by atoms with Gasteiger partial charge in [0.25, 0.3) is 0 Å². The highest BCUT2D eigenvalue weighted by atomic mass is 19.4. The Kier molecular flexibility index (Phi) is 9.24. The highest BCUT2D eigenvalue weighted by molar-refractivity contribution is 5.69. The molecule has 0 bridgehead atoms. The predicted octanol–water partition coefficient (Wildman–Crippen LogP) is 7.12. The fraction of sp³-hybridized carbons (Fsp3) is 0.400. The number of methoxy groups -OCH3 is 1. The van der Waals surface area contributed by atoms with Crippen molar-refractivity contribution in [1.82, 2.24) is 19.8 Å². The molecule has 2 aliphatic heterocycles. The summed E-state index contributed by atoms with van der Waals surface area (Å²) in [5, 5.41) is 3.03. The van der Waals surface area contributed by atoms with Crippen molar-refractivity contribution in [3.8, 4) is 17.2 Å². The first-order chi connectivity index (χ1) is 22.8. The third-order valence-electron chi connectivity index (χ3n) is 8.26. The van der Waals surface area contributed by atoms with E-state index in [0.29, 0.717) is 63.7 Å². The molecule has 10 nitrogen and oxygen atoms in total. The summed E-state index contributed by atoms with van der Waals surface area (Å²) in [5.41, 5.74) is 1.71. The van der Waals surface area contributed by atoms with Gasteiger partial charge in [-0.1, -0.05) is 12.1 Å². The summed E-state index contributed by atoms with van der Waals surface area (Å²) in [5.74, 6) is 1.53. The van der Waals surface area contributed by atoms with E-state index in [2.05, 4.69) is 25.1 Å². The summed E-state index contributed by atoms with van der Waals surface area (Å²) in [4.78, 5) is 26.8. The Balaban J connectivity index is 1.13. The Morgan fingerprint density at radius 1 is 0.979 bits per heavy atom. The number of halogens is 3. The van der Waals surface area contributed by atoms with Crippen LogP contribution in [0, 0.1) is 0 Å². The van der Waals surface area contributed by atoms with Crippen molar-refractivity contribution < 1.29 is 31.9 Å². The molecule has 1 fully saturated rings. The minimum absolute atomic E-state index is 0.0206. The molecule has 2 aromatic carbocycles. The molecule has 0 saturated carbocycles. The third-order valence-corrected chi connectivity index (χ3v) is 8.26. The van der Waals surface area contributed by atoms with Crippen LogP contribution in [-0.2, 0) is 30.4 Å². The maximum absolute atomic E-state index is 14.1. The van der Waals surface area contributed by atoms with Crippen LogP contribution in [-0.4, -0.2) is 71.3 Å². The fourth-order valence-electron chi connectivity index (χ4n) is 5.83. The zero-order valence-corrected chi connectivity index (χ0v) is 27.4. The summed E-state index contributed by atoms with van der Waals surface area (Å²) >= 11 is 0. The second-order valence-electron chi connectivity index (χ2n) is 12.9. The Labute approximate surface area is 277 Å². The number of benzene rings is 2. The quantitative estimate of drug-likeness (QED) is 0.222. The summed E-state index contributed by atoms with van der Waals surface area (Å²) in [6.07, 6.45) is -3.62. The first-order valence-corrected chi connectivity index (χ1v) is 15.9. The number of piperazine rings is 1. The van der Waals surface area contributed by atoms with Crippen LogP contribution in [0.1, 0.15) is 43.2 Å². The van der Waals surface area contributed by atoms with Crippen molar-refractivity contribution in [2.24, 2.45) is 0 Å². The van der Waals surface area contributed by atoms with Crippen LogP contribution in [0.5, 0.6) is 5.75 Å². The molecule has 254 valence electrons. The zero-order chi connectivity index (χ0) is 34.1. The van der Waals surface area contributed by atoms with Gasteiger partial charge in [0.2, 0.25) is 5.95 Å². The van der Waals surface area contributed by atoms with Gasteiger partial charge in [-0.15, -0.1) is 0 Å². The Morgan fingerprint density at radius 2 is 1.69 bits per heavy atom. The van der Waals surface area contributed by atoms with Crippen molar-refractivity contribution in [2.45, 2.75) is 52.1 Å². The van der Waals surface area contributed by atoms with Gasteiger partial charge in [0, 0.05) is 75.4 Å². The van der Waals surface area contributed by atoms with Crippen molar-refractivity contribution in [2.75, 3.05) is 50.1 Å². The van der Waals surface area contributed by atoms with Crippen LogP contribution < -0.4 is 15.0 Å². The molecule has 0 aliphatic carbocycles. The van der Waals surface area contributed by atoms with E-state index in [4.69, 9.17) is 13.9 Å². The second kappa shape index (κ2) is 13.4. The van der Waals surface area contributed by atoms with Crippen LogP contribution in [0.15, 0.2) is 65.2 Å². The van der Waals surface area contributed by atoms with Crippen LogP contribution in [0.2, 0.25) is 0 Å². The van der Waals surface area contributed by atoms with E-state index in [1.165, 1.54) is 0 Å². The van der Waals surface area contributed by atoms with Crippen molar-refractivity contribution in [3.05, 3.63) is 83.2 Å². The Bertz CT molecular complexity index is 1730. The summed E-state index contributed by atoms with van der Waals surface area (Å²) < 4.78 is 59.0. The summed E-state index contributed by atoms with van der Waals surface area (Å²) in [7, 11) is 1.62. The Morgan fingerprint density at radius 3 is 2.33 bits per heavy atom. The molecule has 6 rings (SSSR count). The number of nitrogens with zero attached hydrogens (tertiary/aromatic N) is 5. The molecular weight excluding hydrogens is 625 g/mol. The average molecular weight is 665 g/mol. The molecule has 1 N–H and O–H groups in total. The normalized spacial score (nSPS) is 15.6. The number of carbonyl (C=O) groups is 1. The molecule has 1 saturated heterocycles. The molecular formula is C35H39F3N6O4. The first kappa shape index (κ1) is 33.1. The molecule has 0 unspecified atom stereocenters. The highest BCUT2D eigenvalue weighted by Crippen LogP contribution is 2.39. The maximum Gasteiger partial charge on any atom is 0.420 e. The van der Waals surface area contributed by atoms with Gasteiger partial charge in [-0.2, -0.15) is 13.2 Å². The SMILES string of the molecule is COc1ccc(CN2CCc3oc(-c4nc(Nc5ccc(N6CCN(C(=O)OC(C)(C)C)CC6)cc5)ncc4C(F)(F)F)cc3C2)cc1. The van der Waals surface area contributed by atoms with Gasteiger partial charge in [-0.3, -0.25) is 4.90 Å². The number of rotatable bonds is 7. The molecule has 4 heterocycles. The second-order valence-corrected chi connectivity index (χ2v) is 12.9. The highest BCUT2D eigenvalue weighted by Gasteiger charge is 2.37. The lowest BCUT2D eigenvalue weighted by atomic mass is 10.1. The number of anilines is 3. The maximum atomic E-state index is 14.1. The largest absolute Gasteiger partial charge is 0.497 e. The van der Waals surface area contributed by atoms with Crippen molar-refractivity contribution in [3.63, 3.8) is 0 Å². The van der Waals surface area contributed by atoms with Crippen molar-refractivity contribution >= 4 is 23.4 Å². The number of nitrogens with one attached hydrogen (secondary N) is 1. The van der Waals surface area contributed by atoms with Gasteiger partial charge < -0.3 is 29.0 Å².